The third-order valence-electron chi connectivity index (χ3n) is 2.79. The van der Waals surface area contributed by atoms with E-state index in [-0.39, 0.29) is 11.5 Å². The Bertz CT molecular complexity index is 690. The predicted molar refractivity (Wildman–Crippen MR) is 78.4 cm³/mol. The van der Waals surface area contributed by atoms with Crippen LogP contribution in [0, 0.1) is 17.0 Å². The zero-order valence-electron chi connectivity index (χ0n) is 11.4. The van der Waals surface area contributed by atoms with Gasteiger partial charge in [0.15, 0.2) is 5.78 Å². The highest BCUT2D eigenvalue weighted by Crippen LogP contribution is 2.19. The van der Waals surface area contributed by atoms with Crippen molar-refractivity contribution >= 4 is 11.5 Å². The van der Waals surface area contributed by atoms with Crippen molar-refractivity contribution in [2.75, 3.05) is 0 Å². The summed E-state index contributed by atoms with van der Waals surface area (Å²) < 4.78 is 5.21. The number of ketones is 1. The van der Waals surface area contributed by atoms with Crippen LogP contribution < -0.4 is 4.74 Å². The Balaban J connectivity index is 2.02. The molecule has 5 heteroatoms. The molecule has 106 valence electrons. The minimum atomic E-state index is -0.506. The molecule has 0 aromatic heterocycles. The molecule has 0 heterocycles. The van der Waals surface area contributed by atoms with Gasteiger partial charge in [0.1, 0.15) is 5.75 Å². The van der Waals surface area contributed by atoms with Gasteiger partial charge in [-0.25, -0.2) is 0 Å². The molecular weight excluding hydrogens is 270 g/mol. The van der Waals surface area contributed by atoms with Crippen molar-refractivity contribution in [3.8, 4) is 5.75 Å². The van der Waals surface area contributed by atoms with Gasteiger partial charge in [-0.05, 0) is 13.0 Å². The number of carbonyl (C=O) groups is 1. The lowest BCUT2D eigenvalue weighted by Gasteiger charge is -2.00. The molecule has 0 saturated carbocycles. The van der Waals surface area contributed by atoms with Gasteiger partial charge in [-0.15, -0.1) is 0 Å². The highest BCUT2D eigenvalue weighted by molar-refractivity contribution is 6.04. The summed E-state index contributed by atoms with van der Waals surface area (Å²) >= 11 is 0. The van der Waals surface area contributed by atoms with E-state index in [0.29, 0.717) is 11.3 Å². The topological polar surface area (TPSA) is 69.4 Å². The first-order valence-electron chi connectivity index (χ1n) is 6.25. The van der Waals surface area contributed by atoms with Crippen LogP contribution >= 0.6 is 0 Å². The summed E-state index contributed by atoms with van der Waals surface area (Å²) in [4.78, 5) is 22.0. The van der Waals surface area contributed by atoms with Crippen molar-refractivity contribution in [3.05, 3.63) is 82.1 Å². The maximum atomic E-state index is 11.8. The Morgan fingerprint density at radius 3 is 2.57 bits per heavy atom. The molecule has 0 aliphatic rings. The minimum Gasteiger partial charge on any atom is -0.465 e. The summed E-state index contributed by atoms with van der Waals surface area (Å²) in [5.41, 5.74) is 1.56. The number of nitro benzene ring substituents is 1. The summed E-state index contributed by atoms with van der Waals surface area (Å²) in [6.07, 6.45) is 2.50. The molecule has 0 fully saturated rings. The van der Waals surface area contributed by atoms with Gasteiger partial charge in [0, 0.05) is 17.7 Å². The number of non-ortho nitro benzene ring substituents is 1. The van der Waals surface area contributed by atoms with Crippen LogP contribution in [0.3, 0.4) is 0 Å². The van der Waals surface area contributed by atoms with Crippen molar-refractivity contribution in [1.82, 2.24) is 0 Å². The van der Waals surface area contributed by atoms with E-state index in [1.165, 1.54) is 30.5 Å². The van der Waals surface area contributed by atoms with Crippen molar-refractivity contribution in [3.63, 3.8) is 0 Å². The first-order chi connectivity index (χ1) is 10.1. The second-order valence-corrected chi connectivity index (χ2v) is 4.41. The van der Waals surface area contributed by atoms with Crippen LogP contribution in [0.5, 0.6) is 5.75 Å². The van der Waals surface area contributed by atoms with E-state index in [0.717, 1.165) is 5.56 Å². The second-order valence-electron chi connectivity index (χ2n) is 4.41. The molecule has 0 unspecified atom stereocenters. The molecule has 2 aromatic carbocycles. The third-order valence-corrected chi connectivity index (χ3v) is 2.79. The number of hydrogen-bond donors (Lipinski definition) is 0. The molecule has 0 amide bonds. The fourth-order valence-corrected chi connectivity index (χ4v) is 1.66. The van der Waals surface area contributed by atoms with Crippen LogP contribution in [0.15, 0.2) is 60.9 Å². The minimum absolute atomic E-state index is 0.0641. The standard InChI is InChI=1S/C16H13NO4/c1-12-5-7-13(8-6-12)16(18)9-10-21-15-4-2-3-14(11-15)17(19)20/h2-11H,1H3. The summed E-state index contributed by atoms with van der Waals surface area (Å²) in [5.74, 6) is 0.109. The molecule has 0 saturated heterocycles. The lowest BCUT2D eigenvalue weighted by Crippen LogP contribution is -1.95. The van der Waals surface area contributed by atoms with E-state index >= 15 is 0 Å². The zero-order valence-corrected chi connectivity index (χ0v) is 11.4. The first-order valence-corrected chi connectivity index (χ1v) is 6.25. The lowest BCUT2D eigenvalue weighted by atomic mass is 10.1. The van der Waals surface area contributed by atoms with Gasteiger partial charge in [-0.3, -0.25) is 14.9 Å². The van der Waals surface area contributed by atoms with E-state index < -0.39 is 4.92 Å². The number of nitrogens with zero attached hydrogens (tertiary/aromatic N) is 1. The van der Waals surface area contributed by atoms with Crippen LogP contribution in [-0.2, 0) is 0 Å². The van der Waals surface area contributed by atoms with Gasteiger partial charge < -0.3 is 4.74 Å². The van der Waals surface area contributed by atoms with Gasteiger partial charge in [0.05, 0.1) is 17.3 Å². The Morgan fingerprint density at radius 2 is 1.90 bits per heavy atom. The van der Waals surface area contributed by atoms with Crippen LogP contribution in [0.4, 0.5) is 5.69 Å². The van der Waals surface area contributed by atoms with Gasteiger partial charge in [0.2, 0.25) is 0 Å². The maximum absolute atomic E-state index is 11.8. The van der Waals surface area contributed by atoms with Crippen molar-refractivity contribution in [2.45, 2.75) is 6.92 Å². The summed E-state index contributed by atoms with van der Waals surface area (Å²) in [6, 6.07) is 12.9. The molecule has 0 bridgehead atoms. The number of ether oxygens (including phenoxy) is 1. The number of carbonyl (C=O) groups excluding carboxylic acids is 1. The lowest BCUT2D eigenvalue weighted by molar-refractivity contribution is -0.384. The fraction of sp³-hybridized carbons (Fsp3) is 0.0625. The molecule has 0 N–H and O–H groups in total. The highest BCUT2D eigenvalue weighted by Gasteiger charge is 2.06. The summed E-state index contributed by atoms with van der Waals surface area (Å²) in [7, 11) is 0. The Kier molecular flexibility index (Phi) is 4.46. The number of hydrogen-bond acceptors (Lipinski definition) is 4. The number of benzene rings is 2. The smallest absolute Gasteiger partial charge is 0.273 e. The Labute approximate surface area is 121 Å². The summed E-state index contributed by atoms with van der Waals surface area (Å²) in [6.45, 7) is 1.94. The molecule has 0 spiro atoms. The van der Waals surface area contributed by atoms with Crippen LogP contribution in [0.25, 0.3) is 0 Å². The van der Waals surface area contributed by atoms with Gasteiger partial charge in [-0.1, -0.05) is 35.9 Å². The zero-order chi connectivity index (χ0) is 15.2. The van der Waals surface area contributed by atoms with E-state index in [2.05, 4.69) is 0 Å². The molecule has 21 heavy (non-hydrogen) atoms. The van der Waals surface area contributed by atoms with Gasteiger partial charge in [0.25, 0.3) is 5.69 Å². The molecule has 0 aliphatic heterocycles. The van der Waals surface area contributed by atoms with Gasteiger partial charge >= 0.3 is 0 Å². The monoisotopic (exact) mass is 283 g/mol. The normalized spacial score (nSPS) is 10.5. The summed E-state index contributed by atoms with van der Waals surface area (Å²) in [5, 5.41) is 10.6. The first kappa shape index (κ1) is 14.5. The predicted octanol–water partition coefficient (Wildman–Crippen LogP) is 3.68. The van der Waals surface area contributed by atoms with Crippen LogP contribution in [-0.4, -0.2) is 10.7 Å². The third kappa shape index (κ3) is 4.01. The van der Waals surface area contributed by atoms with E-state index in [1.807, 2.05) is 19.1 Å². The van der Waals surface area contributed by atoms with Crippen molar-refractivity contribution < 1.29 is 14.5 Å². The van der Waals surface area contributed by atoms with Crippen LogP contribution in [0.1, 0.15) is 15.9 Å². The van der Waals surface area contributed by atoms with E-state index in [4.69, 9.17) is 4.74 Å². The number of allylic oxidation sites excluding steroid dienone is 1. The Morgan fingerprint density at radius 1 is 1.19 bits per heavy atom. The largest absolute Gasteiger partial charge is 0.465 e. The van der Waals surface area contributed by atoms with E-state index in [9.17, 15) is 14.9 Å². The van der Waals surface area contributed by atoms with Crippen molar-refractivity contribution in [1.29, 1.82) is 0 Å². The SMILES string of the molecule is Cc1ccc(C(=O)C=COc2cccc([N+](=O)[O-])c2)cc1. The molecule has 2 rings (SSSR count). The average molecular weight is 283 g/mol. The average Bonchev–Trinajstić information content (AvgIpc) is 2.48. The molecule has 5 nitrogen and oxygen atoms in total. The highest BCUT2D eigenvalue weighted by atomic mass is 16.6. The van der Waals surface area contributed by atoms with Crippen LogP contribution in [0.2, 0.25) is 0 Å². The Hall–Kier alpha value is -2.95. The maximum Gasteiger partial charge on any atom is 0.273 e. The molecule has 2 aromatic rings. The number of rotatable bonds is 5. The quantitative estimate of drug-likeness (QED) is 0.276. The molecule has 0 atom stereocenters. The van der Waals surface area contributed by atoms with Gasteiger partial charge in [-0.2, -0.15) is 0 Å². The second kappa shape index (κ2) is 6.47. The van der Waals surface area contributed by atoms with Crippen molar-refractivity contribution in [2.24, 2.45) is 0 Å². The number of nitro groups is 1. The molecular formula is C16H13NO4. The number of aryl methyl sites for hydroxylation is 1. The molecule has 0 aliphatic carbocycles. The molecule has 0 radical (unpaired) electrons. The van der Waals surface area contributed by atoms with E-state index in [1.54, 1.807) is 18.2 Å². The fourth-order valence-electron chi connectivity index (χ4n) is 1.66.